The fraction of sp³-hybridized carbons (Fsp3) is 0.533. The van der Waals surface area contributed by atoms with E-state index >= 15 is 0 Å². The van der Waals surface area contributed by atoms with Crippen molar-refractivity contribution < 1.29 is 9.94 Å². The molecule has 3 N–H and O–H groups in total. The van der Waals surface area contributed by atoms with Gasteiger partial charge in [-0.25, -0.2) is 0 Å². The second-order valence-corrected chi connectivity index (χ2v) is 6.46. The first kappa shape index (κ1) is 16.0. The minimum Gasteiger partial charge on any atom is -0.496 e. The Kier molecular flexibility index (Phi) is 5.36. The van der Waals surface area contributed by atoms with E-state index < -0.39 is 0 Å². The quantitative estimate of drug-likeness (QED) is 0.377. The van der Waals surface area contributed by atoms with E-state index in [1.54, 1.807) is 18.9 Å². The summed E-state index contributed by atoms with van der Waals surface area (Å²) < 4.78 is 5.17. The van der Waals surface area contributed by atoms with Crippen LogP contribution in [0.2, 0.25) is 0 Å². The number of thioether (sulfide) groups is 1. The number of ether oxygens (including phenoxy) is 1. The van der Waals surface area contributed by atoms with Crippen molar-refractivity contribution in [2.45, 2.75) is 24.1 Å². The highest BCUT2D eigenvalue weighted by Crippen LogP contribution is 2.35. The average molecular weight is 309 g/mol. The molecule has 1 aromatic carbocycles. The van der Waals surface area contributed by atoms with E-state index in [1.165, 1.54) is 5.56 Å². The van der Waals surface area contributed by atoms with Gasteiger partial charge in [0.05, 0.1) is 11.9 Å². The SMILES string of the molecule is COc1ccccc1CN1CCC(SC)(C(N)=NO)CC1. The molecule has 1 aliphatic rings. The molecular weight excluding hydrogens is 286 g/mol. The number of methoxy groups -OCH3 is 1. The molecule has 1 aromatic rings. The summed E-state index contributed by atoms with van der Waals surface area (Å²) in [4.78, 5) is 2.39. The van der Waals surface area contributed by atoms with Crippen LogP contribution in [0.15, 0.2) is 29.4 Å². The van der Waals surface area contributed by atoms with E-state index in [2.05, 4.69) is 16.1 Å². The predicted molar refractivity (Wildman–Crippen MR) is 87.2 cm³/mol. The molecule has 6 heteroatoms. The molecule has 0 amide bonds. The number of nitrogens with zero attached hydrogens (tertiary/aromatic N) is 2. The van der Waals surface area contributed by atoms with Crippen molar-refractivity contribution in [3.63, 3.8) is 0 Å². The lowest BCUT2D eigenvalue weighted by Crippen LogP contribution is -2.49. The van der Waals surface area contributed by atoms with Gasteiger partial charge in [-0.3, -0.25) is 4.90 Å². The Hall–Kier alpha value is -1.40. The Labute approximate surface area is 130 Å². The summed E-state index contributed by atoms with van der Waals surface area (Å²) in [5, 5.41) is 12.2. The Morgan fingerprint density at radius 2 is 2.10 bits per heavy atom. The van der Waals surface area contributed by atoms with E-state index in [4.69, 9.17) is 15.7 Å². The highest BCUT2D eigenvalue weighted by Gasteiger charge is 2.38. The Morgan fingerprint density at radius 3 is 2.67 bits per heavy atom. The van der Waals surface area contributed by atoms with Crippen LogP contribution in [0.1, 0.15) is 18.4 Å². The zero-order valence-corrected chi connectivity index (χ0v) is 13.4. The molecule has 0 atom stereocenters. The predicted octanol–water partition coefficient (Wildman–Crippen LogP) is 2.14. The van der Waals surface area contributed by atoms with Gasteiger partial charge in [-0.2, -0.15) is 11.8 Å². The fourth-order valence-electron chi connectivity index (χ4n) is 2.80. The van der Waals surface area contributed by atoms with Crippen LogP contribution in [0.3, 0.4) is 0 Å². The third-order valence-corrected chi connectivity index (χ3v) is 5.61. The number of oxime groups is 1. The molecule has 2 rings (SSSR count). The van der Waals surface area contributed by atoms with Crippen molar-refractivity contribution in [2.24, 2.45) is 10.9 Å². The number of amidine groups is 1. The molecule has 0 aliphatic carbocycles. The largest absolute Gasteiger partial charge is 0.496 e. The monoisotopic (exact) mass is 309 g/mol. The zero-order valence-electron chi connectivity index (χ0n) is 12.6. The van der Waals surface area contributed by atoms with Crippen LogP contribution in [-0.2, 0) is 6.54 Å². The number of hydrogen-bond acceptors (Lipinski definition) is 5. The van der Waals surface area contributed by atoms with E-state index in [0.29, 0.717) is 5.84 Å². The Balaban J connectivity index is 2.01. The van der Waals surface area contributed by atoms with Gasteiger partial charge >= 0.3 is 0 Å². The smallest absolute Gasteiger partial charge is 0.155 e. The summed E-state index contributed by atoms with van der Waals surface area (Å²) in [6, 6.07) is 8.10. The Bertz CT molecular complexity index is 499. The minimum atomic E-state index is -0.230. The molecule has 1 heterocycles. The maximum Gasteiger partial charge on any atom is 0.155 e. The average Bonchev–Trinajstić information content (AvgIpc) is 2.55. The van der Waals surface area contributed by atoms with Crippen LogP contribution in [0.4, 0.5) is 0 Å². The normalized spacial score (nSPS) is 19.4. The molecule has 0 aromatic heterocycles. The molecule has 116 valence electrons. The summed E-state index contributed by atoms with van der Waals surface area (Å²) >= 11 is 1.67. The molecule has 5 nitrogen and oxygen atoms in total. The molecule has 0 spiro atoms. The number of nitrogens with two attached hydrogens (primary N) is 1. The number of hydrogen-bond donors (Lipinski definition) is 2. The van der Waals surface area contributed by atoms with Crippen molar-refractivity contribution in [2.75, 3.05) is 26.5 Å². The zero-order chi connectivity index (χ0) is 15.3. The molecule has 1 saturated heterocycles. The summed E-state index contributed by atoms with van der Waals surface area (Å²) in [6.07, 6.45) is 3.80. The second-order valence-electron chi connectivity index (χ2n) is 5.27. The van der Waals surface area contributed by atoms with Crippen LogP contribution in [0, 0.1) is 0 Å². The lowest BCUT2D eigenvalue weighted by atomic mass is 9.94. The standard InChI is InChI=1S/C15H23N3O2S/c1-20-13-6-4-3-5-12(13)11-18-9-7-15(21-2,8-10-18)14(16)17-19/h3-6,19H,7-11H2,1-2H3,(H2,16,17). The topological polar surface area (TPSA) is 71.1 Å². The van der Waals surface area contributed by atoms with Gasteiger partial charge in [0, 0.05) is 25.2 Å². The highest BCUT2D eigenvalue weighted by molar-refractivity contribution is 8.00. The lowest BCUT2D eigenvalue weighted by molar-refractivity contribution is 0.207. The van der Waals surface area contributed by atoms with Gasteiger partial charge in [0.25, 0.3) is 0 Å². The van der Waals surface area contributed by atoms with Crippen molar-refractivity contribution >= 4 is 17.6 Å². The lowest BCUT2D eigenvalue weighted by Gasteiger charge is -2.39. The molecule has 0 unspecified atom stereocenters. The number of benzene rings is 1. The molecule has 1 aliphatic heterocycles. The molecule has 0 bridgehead atoms. The van der Waals surface area contributed by atoms with Crippen LogP contribution >= 0.6 is 11.8 Å². The Morgan fingerprint density at radius 1 is 1.43 bits per heavy atom. The molecular formula is C15H23N3O2S. The number of likely N-dealkylation sites (tertiary alicyclic amines) is 1. The molecule has 1 fully saturated rings. The fourth-order valence-corrected chi connectivity index (χ4v) is 3.64. The van der Waals surface area contributed by atoms with E-state index in [0.717, 1.165) is 38.2 Å². The molecule has 0 saturated carbocycles. The first-order valence-corrected chi connectivity index (χ1v) is 8.25. The molecule has 21 heavy (non-hydrogen) atoms. The number of rotatable bonds is 5. The van der Waals surface area contributed by atoms with E-state index in [1.807, 2.05) is 24.5 Å². The second kappa shape index (κ2) is 7.04. The van der Waals surface area contributed by atoms with Crippen LogP contribution in [-0.4, -0.2) is 47.1 Å². The molecule has 0 radical (unpaired) electrons. The summed E-state index contributed by atoms with van der Waals surface area (Å²) in [6.45, 7) is 2.72. The van der Waals surface area contributed by atoms with Crippen molar-refractivity contribution in [3.8, 4) is 5.75 Å². The summed E-state index contributed by atoms with van der Waals surface area (Å²) in [5.74, 6) is 1.27. The van der Waals surface area contributed by atoms with Crippen molar-refractivity contribution in [1.82, 2.24) is 4.90 Å². The van der Waals surface area contributed by atoms with Crippen molar-refractivity contribution in [3.05, 3.63) is 29.8 Å². The highest BCUT2D eigenvalue weighted by atomic mass is 32.2. The maximum absolute atomic E-state index is 8.97. The van der Waals surface area contributed by atoms with Gasteiger partial charge in [-0.15, -0.1) is 0 Å². The van der Waals surface area contributed by atoms with Gasteiger partial charge in [-0.05, 0) is 25.2 Å². The van der Waals surface area contributed by atoms with E-state index in [-0.39, 0.29) is 4.75 Å². The first-order valence-electron chi connectivity index (χ1n) is 7.02. The minimum absolute atomic E-state index is 0.230. The van der Waals surface area contributed by atoms with Gasteiger partial charge in [0.2, 0.25) is 0 Å². The van der Waals surface area contributed by atoms with Gasteiger partial charge in [0.15, 0.2) is 5.84 Å². The maximum atomic E-state index is 8.97. The van der Waals surface area contributed by atoms with Gasteiger partial charge < -0.3 is 15.7 Å². The van der Waals surface area contributed by atoms with Gasteiger partial charge in [-0.1, -0.05) is 23.4 Å². The third-order valence-electron chi connectivity index (χ3n) is 4.22. The summed E-state index contributed by atoms with van der Waals surface area (Å²) in [5.41, 5.74) is 7.07. The van der Waals surface area contributed by atoms with Crippen LogP contribution in [0.5, 0.6) is 5.75 Å². The van der Waals surface area contributed by atoms with Crippen molar-refractivity contribution in [1.29, 1.82) is 0 Å². The van der Waals surface area contributed by atoms with Gasteiger partial charge in [0.1, 0.15) is 5.75 Å². The van der Waals surface area contributed by atoms with Crippen LogP contribution in [0.25, 0.3) is 0 Å². The number of piperidine rings is 1. The number of para-hydroxylation sites is 1. The van der Waals surface area contributed by atoms with E-state index in [9.17, 15) is 0 Å². The third kappa shape index (κ3) is 3.44. The summed E-state index contributed by atoms with van der Waals surface area (Å²) in [7, 11) is 1.70. The van der Waals surface area contributed by atoms with Crippen LogP contribution < -0.4 is 10.5 Å². The first-order chi connectivity index (χ1) is 10.1.